The van der Waals surface area contributed by atoms with Crippen LogP contribution in [-0.4, -0.2) is 214 Å². The van der Waals surface area contributed by atoms with E-state index in [4.69, 9.17) is 57.6 Å². The number of methoxy groups -OCH3 is 2. The number of imide groups is 1. The number of aliphatic imine (C=N–C) groups is 2. The van der Waals surface area contributed by atoms with Gasteiger partial charge in [0.15, 0.2) is 23.0 Å². The van der Waals surface area contributed by atoms with Gasteiger partial charge in [-0.1, -0.05) is 23.3 Å². The van der Waals surface area contributed by atoms with Gasteiger partial charge < -0.3 is 62.6 Å². The molecule has 8 rings (SSSR count). The molecule has 5 amide bonds. The maximum absolute atomic E-state index is 13.8. The lowest BCUT2D eigenvalue weighted by Crippen LogP contribution is -2.50. The van der Waals surface area contributed by atoms with Gasteiger partial charge in [0.25, 0.3) is 11.8 Å². The van der Waals surface area contributed by atoms with Gasteiger partial charge in [-0.05, 0) is 59.7 Å². The minimum atomic E-state index is -1.95. The number of allylic oxidation sites excluding steroid dienone is 2. The van der Waals surface area contributed by atoms with Crippen LogP contribution < -0.4 is 29.0 Å². The smallest absolute Gasteiger partial charge is 0.397 e. The van der Waals surface area contributed by atoms with Gasteiger partial charge in [-0.15, -0.1) is 11.8 Å². The van der Waals surface area contributed by atoms with Gasteiger partial charge in [0, 0.05) is 74.2 Å². The fraction of sp³-hybridized carbons (Fsp3) is 0.525. The Morgan fingerprint density at radius 1 is 0.701 bits per heavy atom. The van der Waals surface area contributed by atoms with Crippen molar-refractivity contribution in [3.05, 3.63) is 82.2 Å². The minimum absolute atomic E-state index is 0.000545. The number of nitrogens with zero attached hydrogens (tertiary/aromatic N) is 7. The van der Waals surface area contributed by atoms with E-state index in [1.165, 1.54) is 25.4 Å². The summed E-state index contributed by atoms with van der Waals surface area (Å²) in [5, 5.41) is 12.8. The Morgan fingerprint density at radius 2 is 1.20 bits per heavy atom. The fourth-order valence-corrected chi connectivity index (χ4v) is 11.2. The van der Waals surface area contributed by atoms with Crippen molar-refractivity contribution in [1.82, 2.24) is 25.0 Å². The number of benzene rings is 2. The Hall–Kier alpha value is -7.30. The van der Waals surface area contributed by atoms with Gasteiger partial charge in [-0.2, -0.15) is 5.21 Å². The van der Waals surface area contributed by atoms with Crippen LogP contribution in [0.2, 0.25) is 0 Å². The summed E-state index contributed by atoms with van der Waals surface area (Å²) >= 11 is 1.55. The molecule has 1 aromatic heterocycles. The van der Waals surface area contributed by atoms with E-state index in [9.17, 15) is 34.0 Å². The third-order valence-corrected chi connectivity index (χ3v) is 16.2. The number of quaternary nitrogens is 1. The van der Waals surface area contributed by atoms with Crippen LogP contribution in [0.25, 0.3) is 0 Å². The summed E-state index contributed by atoms with van der Waals surface area (Å²) in [5.41, 5.74) is 5.25. The van der Waals surface area contributed by atoms with Gasteiger partial charge >= 0.3 is 17.8 Å². The molecule has 0 spiro atoms. The number of hydrogen-bond donors (Lipinski definition) is 2. The molecular formula is C61H79N8O17S+. The van der Waals surface area contributed by atoms with Crippen LogP contribution in [0.5, 0.6) is 28.7 Å². The molecule has 5 aliphatic heterocycles. The molecule has 25 nitrogen and oxygen atoms in total. The largest absolute Gasteiger partial charge is 0.493 e. The van der Waals surface area contributed by atoms with E-state index in [2.05, 4.69) is 28.9 Å². The Morgan fingerprint density at radius 3 is 1.69 bits per heavy atom. The molecule has 6 heterocycles. The summed E-state index contributed by atoms with van der Waals surface area (Å²) in [4.78, 5) is 98.4. The normalized spacial score (nSPS) is 18.6. The maximum atomic E-state index is 13.8. The molecular weight excluding hydrogens is 1150 g/mol. The standard InChI is InChI=1S/C61H78N8O17S/c1-8-40-24-44-32-63-49-30-53(51(77-6)28-47(49)59(74)67(44)34-40)84-36-42-26-46(27-43(65-42)37-85-54-31-50-48(29-52(54)78-7)60(75)68-35-41(9-2)25-45(68)33-64-50)83-17-14-66(5)39-61(3,4)87-38-55(70)62-13-16-80-19-21-82-23-22-81-20-18-79-15-12-58(73)86-69(76)56(71)10-11-57(69)72/h8-9,26-33,44-45,76H,10-25,34-39H2,1-7H3/p+1/b40-8+,41-9+/t44-,45-/m0/s1. The zero-order chi connectivity index (χ0) is 62.1. The van der Waals surface area contributed by atoms with E-state index in [0.29, 0.717) is 135 Å². The van der Waals surface area contributed by atoms with Crippen LogP contribution >= 0.6 is 11.8 Å². The molecule has 0 radical (unpaired) electrons. The Balaban J connectivity index is 0.774. The van der Waals surface area contributed by atoms with Crippen molar-refractivity contribution < 1.29 is 86.3 Å². The molecule has 87 heavy (non-hydrogen) atoms. The van der Waals surface area contributed by atoms with Gasteiger partial charge in [0.05, 0.1) is 138 Å². The quantitative estimate of drug-likeness (QED) is 0.0235. The summed E-state index contributed by atoms with van der Waals surface area (Å²) in [5.74, 6) is -0.764. The molecule has 2 atom stereocenters. The van der Waals surface area contributed by atoms with Crippen LogP contribution in [0.4, 0.5) is 11.4 Å². The number of thioether (sulfide) groups is 1. The molecule has 3 aromatic rings. The highest BCUT2D eigenvalue weighted by atomic mass is 32.2. The molecule has 470 valence electrons. The Kier molecular flexibility index (Phi) is 23.4. The van der Waals surface area contributed by atoms with E-state index in [0.717, 1.165) is 12.8 Å². The number of nitrogens with one attached hydrogen (secondary N) is 1. The first-order valence-electron chi connectivity index (χ1n) is 29.0. The predicted molar refractivity (Wildman–Crippen MR) is 319 cm³/mol. The Bertz CT molecular complexity index is 2960. The number of pyridine rings is 1. The molecule has 26 heteroatoms. The van der Waals surface area contributed by atoms with Gasteiger partial charge in [-0.25, -0.2) is 19.2 Å². The van der Waals surface area contributed by atoms with Crippen molar-refractivity contribution in [3.63, 3.8) is 0 Å². The molecule has 0 bridgehead atoms. The monoisotopic (exact) mass is 1230 g/mol. The lowest BCUT2D eigenvalue weighted by Gasteiger charge is -2.29. The van der Waals surface area contributed by atoms with Crippen molar-refractivity contribution in [3.8, 4) is 28.7 Å². The molecule has 0 aliphatic carbocycles. The SMILES string of the molecule is C/C=C1\C[C@H]2C=Nc3cc(OCc4cc(OCCN(C)CC(C)(C)SCC(=O)NCCOCCOCCOCCOCCC(=O)O[N+]5(O)C(=O)CCC5=O)cc(COc5cc6c(cc5OC)C(=O)N5C/C(=C/C)C[C@H]5C=N6)n4)c(OC)cc3C(=O)N2C1. The van der Waals surface area contributed by atoms with E-state index in [1.807, 2.05) is 55.3 Å². The highest BCUT2D eigenvalue weighted by Crippen LogP contribution is 2.41. The zero-order valence-corrected chi connectivity index (χ0v) is 51.3. The van der Waals surface area contributed by atoms with Crippen LogP contribution in [-0.2, 0) is 56.2 Å². The van der Waals surface area contributed by atoms with Gasteiger partial charge in [-0.3, -0.25) is 29.4 Å². The first-order chi connectivity index (χ1) is 41.9. The predicted octanol–water partition coefficient (Wildman–Crippen LogP) is 5.92. The van der Waals surface area contributed by atoms with E-state index in [-0.39, 0.29) is 92.6 Å². The summed E-state index contributed by atoms with van der Waals surface area (Å²) < 4.78 is 52.3. The van der Waals surface area contributed by atoms with Crippen molar-refractivity contribution in [2.75, 3.05) is 119 Å². The number of carbonyl (C=O) groups is 6. The molecule has 3 fully saturated rings. The summed E-state index contributed by atoms with van der Waals surface area (Å²) in [6.07, 6.45) is 8.57. The molecule has 0 unspecified atom stereocenters. The van der Waals surface area contributed by atoms with E-state index < -0.39 is 22.6 Å². The average Bonchev–Trinajstić information content (AvgIpc) is 1.87. The Labute approximate surface area is 510 Å². The second kappa shape index (κ2) is 31.1. The van der Waals surface area contributed by atoms with E-state index >= 15 is 0 Å². The number of likely N-dealkylation sites (N-methyl/N-ethyl adjacent to an activating group) is 1. The molecule has 5 aliphatic rings. The van der Waals surface area contributed by atoms with Crippen LogP contribution in [0.1, 0.15) is 91.9 Å². The number of hydrogen-bond acceptors (Lipinski definition) is 22. The lowest BCUT2D eigenvalue weighted by molar-refractivity contribution is -1.12. The van der Waals surface area contributed by atoms with Gasteiger partial charge in [0.1, 0.15) is 30.4 Å². The second-order valence-corrected chi connectivity index (χ2v) is 23.5. The number of hydroxylamine groups is 4. The van der Waals surface area contributed by atoms with Crippen molar-refractivity contribution in [2.45, 2.75) is 89.8 Å². The van der Waals surface area contributed by atoms with Crippen LogP contribution in [0.15, 0.2) is 69.7 Å². The summed E-state index contributed by atoms with van der Waals surface area (Å²) in [6, 6.07) is 10.1. The highest BCUT2D eigenvalue weighted by Gasteiger charge is 2.55. The number of aromatic nitrogens is 1. The molecule has 0 saturated carbocycles. The topological polar surface area (TPSA) is 274 Å². The molecule has 3 saturated heterocycles. The third-order valence-electron chi connectivity index (χ3n) is 14.9. The zero-order valence-electron chi connectivity index (χ0n) is 50.5. The average molecular weight is 1230 g/mol. The summed E-state index contributed by atoms with van der Waals surface area (Å²) in [6.45, 7) is 13.1. The second-order valence-electron chi connectivity index (χ2n) is 21.8. The van der Waals surface area contributed by atoms with Crippen molar-refractivity contribution in [2.24, 2.45) is 9.98 Å². The lowest BCUT2D eigenvalue weighted by atomic mass is 10.1. The number of rotatable bonds is 33. The van der Waals surface area contributed by atoms with Gasteiger partial charge in [0.2, 0.25) is 5.91 Å². The molecule has 2 aromatic carbocycles. The minimum Gasteiger partial charge on any atom is -0.493 e. The first-order valence-corrected chi connectivity index (χ1v) is 30.0. The van der Waals surface area contributed by atoms with Crippen molar-refractivity contribution in [1.29, 1.82) is 0 Å². The maximum Gasteiger partial charge on any atom is 0.397 e. The van der Waals surface area contributed by atoms with Crippen LogP contribution in [0.3, 0.4) is 0 Å². The van der Waals surface area contributed by atoms with Crippen molar-refractivity contribution >= 4 is 71.1 Å². The number of carbonyl (C=O) groups excluding carboxylic acids is 6. The third kappa shape index (κ3) is 17.7. The number of amides is 5. The number of ether oxygens (including phenoxy) is 9. The first kappa shape index (κ1) is 65.7. The molecule has 2 N–H and O–H groups in total. The van der Waals surface area contributed by atoms with Crippen LogP contribution in [0, 0.1) is 0 Å². The van der Waals surface area contributed by atoms with E-state index in [1.54, 1.807) is 48.2 Å². The highest BCUT2D eigenvalue weighted by molar-refractivity contribution is 8.01. The summed E-state index contributed by atoms with van der Waals surface area (Å²) in [7, 11) is 5.05. The number of fused-ring (bicyclic) bond motifs is 4. The fourth-order valence-electron chi connectivity index (χ4n) is 10.2.